The Bertz CT molecular complexity index is 1030. The maximum Gasteiger partial charge on any atom is 0.166 e. The molecule has 0 spiro atoms. The smallest absolute Gasteiger partial charge is 0.166 e. The fourth-order valence-corrected chi connectivity index (χ4v) is 2.94. The molecule has 0 bridgehead atoms. The lowest BCUT2D eigenvalue weighted by Gasteiger charge is -2.08. The molecule has 0 N–H and O–H groups in total. The van der Waals surface area contributed by atoms with Crippen LogP contribution in [0.1, 0.15) is 17.0 Å². The molecule has 24 heavy (non-hydrogen) atoms. The molecule has 0 unspecified atom stereocenters. The Morgan fingerprint density at radius 3 is 2.88 bits per heavy atom. The molecule has 3 aromatic heterocycles. The van der Waals surface area contributed by atoms with Gasteiger partial charge in [0.15, 0.2) is 5.65 Å². The summed E-state index contributed by atoms with van der Waals surface area (Å²) in [6.45, 7) is 4.50. The molecule has 0 aliphatic heterocycles. The number of imidazole rings is 1. The maximum atomic E-state index is 13.4. The number of fused-ring (bicyclic) bond motifs is 1. The number of aromatic nitrogens is 5. The molecular formula is C18H16FN5. The van der Waals surface area contributed by atoms with Gasteiger partial charge in [-0.05, 0) is 37.6 Å². The number of halogens is 1. The van der Waals surface area contributed by atoms with Crippen molar-refractivity contribution in [3.8, 4) is 11.4 Å². The van der Waals surface area contributed by atoms with Crippen LogP contribution >= 0.6 is 0 Å². The minimum Gasteiger partial charge on any atom is -0.326 e. The highest BCUT2D eigenvalue weighted by Crippen LogP contribution is 2.23. The molecular weight excluding hydrogens is 305 g/mol. The number of benzene rings is 1. The third kappa shape index (κ3) is 2.46. The van der Waals surface area contributed by atoms with Gasteiger partial charge in [-0.2, -0.15) is 5.10 Å². The van der Waals surface area contributed by atoms with Gasteiger partial charge in [-0.3, -0.25) is 0 Å². The second kappa shape index (κ2) is 5.56. The van der Waals surface area contributed by atoms with Crippen molar-refractivity contribution in [2.24, 2.45) is 0 Å². The van der Waals surface area contributed by atoms with Gasteiger partial charge >= 0.3 is 0 Å². The van der Waals surface area contributed by atoms with Crippen LogP contribution in [-0.2, 0) is 6.54 Å². The first kappa shape index (κ1) is 14.6. The zero-order valence-electron chi connectivity index (χ0n) is 13.4. The van der Waals surface area contributed by atoms with Crippen LogP contribution in [0.3, 0.4) is 0 Å². The molecule has 0 radical (unpaired) electrons. The number of nitrogens with zero attached hydrogens (tertiary/aromatic N) is 5. The summed E-state index contributed by atoms with van der Waals surface area (Å²) in [4.78, 5) is 9.06. The Morgan fingerprint density at radius 1 is 1.17 bits per heavy atom. The highest BCUT2D eigenvalue weighted by atomic mass is 19.1. The molecule has 0 saturated carbocycles. The van der Waals surface area contributed by atoms with Crippen LogP contribution < -0.4 is 0 Å². The summed E-state index contributed by atoms with van der Waals surface area (Å²) >= 11 is 0. The normalized spacial score (nSPS) is 11.3. The second-order valence-electron chi connectivity index (χ2n) is 5.84. The lowest BCUT2D eigenvalue weighted by atomic mass is 10.2. The van der Waals surface area contributed by atoms with Crippen molar-refractivity contribution in [3.63, 3.8) is 0 Å². The van der Waals surface area contributed by atoms with E-state index in [9.17, 15) is 4.39 Å². The highest BCUT2D eigenvalue weighted by molar-refractivity contribution is 5.72. The minimum absolute atomic E-state index is 0.238. The number of rotatable bonds is 3. The zero-order valence-corrected chi connectivity index (χ0v) is 13.4. The van der Waals surface area contributed by atoms with Crippen LogP contribution in [0, 0.1) is 19.7 Å². The number of hydrogen-bond donors (Lipinski definition) is 0. The van der Waals surface area contributed by atoms with Crippen molar-refractivity contribution in [1.29, 1.82) is 0 Å². The molecule has 6 heteroatoms. The third-order valence-electron chi connectivity index (χ3n) is 3.98. The van der Waals surface area contributed by atoms with Gasteiger partial charge in [0.05, 0.1) is 11.8 Å². The number of hydrogen-bond acceptors (Lipinski definition) is 3. The molecule has 0 amide bonds. The highest BCUT2D eigenvalue weighted by Gasteiger charge is 2.15. The Hall–Kier alpha value is -3.02. The SMILES string of the molecule is Cc1cc(C)n2ncc(-c3nccn3Cc3cccc(F)c3)c2n1. The van der Waals surface area contributed by atoms with Crippen molar-refractivity contribution in [1.82, 2.24) is 24.1 Å². The second-order valence-corrected chi connectivity index (χ2v) is 5.84. The average Bonchev–Trinajstić information content (AvgIpc) is 3.13. The molecule has 0 aliphatic carbocycles. The first-order chi connectivity index (χ1) is 11.6. The molecule has 3 heterocycles. The summed E-state index contributed by atoms with van der Waals surface area (Å²) < 4.78 is 17.2. The summed E-state index contributed by atoms with van der Waals surface area (Å²) in [6.07, 6.45) is 5.40. The Balaban J connectivity index is 1.80. The van der Waals surface area contributed by atoms with Crippen molar-refractivity contribution in [2.45, 2.75) is 20.4 Å². The van der Waals surface area contributed by atoms with Crippen LogP contribution in [0.4, 0.5) is 4.39 Å². The Kier molecular flexibility index (Phi) is 3.37. The van der Waals surface area contributed by atoms with E-state index in [1.54, 1.807) is 18.5 Å². The largest absolute Gasteiger partial charge is 0.326 e. The molecule has 0 atom stereocenters. The van der Waals surface area contributed by atoms with Crippen molar-refractivity contribution in [2.75, 3.05) is 0 Å². The third-order valence-corrected chi connectivity index (χ3v) is 3.98. The lowest BCUT2D eigenvalue weighted by molar-refractivity contribution is 0.623. The molecule has 5 nitrogen and oxygen atoms in total. The molecule has 4 rings (SSSR count). The van der Waals surface area contributed by atoms with Crippen LogP contribution in [0.15, 0.2) is 48.9 Å². The van der Waals surface area contributed by atoms with Gasteiger partial charge in [0.25, 0.3) is 0 Å². The van der Waals surface area contributed by atoms with Crippen LogP contribution in [0.2, 0.25) is 0 Å². The quantitative estimate of drug-likeness (QED) is 0.581. The Labute approximate surface area is 138 Å². The lowest BCUT2D eigenvalue weighted by Crippen LogP contribution is -2.02. The first-order valence-electron chi connectivity index (χ1n) is 7.70. The van der Waals surface area contributed by atoms with Gasteiger partial charge in [-0.15, -0.1) is 0 Å². The van der Waals surface area contributed by atoms with Crippen molar-refractivity contribution in [3.05, 3.63) is 71.7 Å². The van der Waals surface area contributed by atoms with Gasteiger partial charge in [0.1, 0.15) is 11.6 Å². The standard InChI is InChI=1S/C18H16FN5/c1-12-8-13(2)24-18(22-12)16(10-21-24)17-20-6-7-23(17)11-14-4-3-5-15(19)9-14/h3-10H,11H2,1-2H3. The minimum atomic E-state index is -0.238. The topological polar surface area (TPSA) is 48.0 Å². The summed E-state index contributed by atoms with van der Waals surface area (Å²) in [5, 5.41) is 4.42. The monoisotopic (exact) mass is 321 g/mol. The van der Waals surface area contributed by atoms with Crippen molar-refractivity contribution >= 4 is 5.65 Å². The first-order valence-corrected chi connectivity index (χ1v) is 7.70. The fourth-order valence-electron chi connectivity index (χ4n) is 2.94. The average molecular weight is 321 g/mol. The van der Waals surface area contributed by atoms with E-state index >= 15 is 0 Å². The van der Waals surface area contributed by atoms with E-state index in [0.29, 0.717) is 6.54 Å². The predicted octanol–water partition coefficient (Wildman–Crippen LogP) is 3.40. The van der Waals surface area contributed by atoms with E-state index in [-0.39, 0.29) is 5.82 Å². The van der Waals surface area contributed by atoms with Gasteiger partial charge in [0.2, 0.25) is 0 Å². The van der Waals surface area contributed by atoms with E-state index in [1.165, 1.54) is 12.1 Å². The van der Waals surface area contributed by atoms with E-state index in [4.69, 9.17) is 0 Å². The molecule has 0 aliphatic rings. The molecule has 4 aromatic rings. The van der Waals surface area contributed by atoms with Gasteiger partial charge in [0, 0.05) is 30.3 Å². The summed E-state index contributed by atoms with van der Waals surface area (Å²) in [5.74, 6) is 0.532. The summed E-state index contributed by atoms with van der Waals surface area (Å²) in [7, 11) is 0. The molecule has 0 saturated heterocycles. The van der Waals surface area contributed by atoms with Crippen molar-refractivity contribution < 1.29 is 4.39 Å². The van der Waals surface area contributed by atoms with Crippen LogP contribution in [0.25, 0.3) is 17.0 Å². The fraction of sp³-hybridized carbons (Fsp3) is 0.167. The van der Waals surface area contributed by atoms with Crippen LogP contribution in [0.5, 0.6) is 0 Å². The van der Waals surface area contributed by atoms with E-state index in [1.807, 2.05) is 41.3 Å². The molecule has 1 aromatic carbocycles. The summed E-state index contributed by atoms with van der Waals surface area (Å²) in [5.41, 5.74) is 4.48. The molecule has 0 fully saturated rings. The van der Waals surface area contributed by atoms with E-state index in [2.05, 4.69) is 15.1 Å². The van der Waals surface area contributed by atoms with Gasteiger partial charge < -0.3 is 4.57 Å². The Morgan fingerprint density at radius 2 is 2.04 bits per heavy atom. The molecule has 120 valence electrons. The number of aryl methyl sites for hydroxylation is 2. The van der Waals surface area contributed by atoms with E-state index in [0.717, 1.165) is 34.0 Å². The van der Waals surface area contributed by atoms with E-state index < -0.39 is 0 Å². The maximum absolute atomic E-state index is 13.4. The van der Waals surface area contributed by atoms with Gasteiger partial charge in [-0.25, -0.2) is 18.9 Å². The predicted molar refractivity (Wildman–Crippen MR) is 89.2 cm³/mol. The summed E-state index contributed by atoms with van der Waals surface area (Å²) in [6, 6.07) is 8.58. The van der Waals surface area contributed by atoms with Gasteiger partial charge in [-0.1, -0.05) is 12.1 Å². The zero-order chi connectivity index (χ0) is 16.7. The van der Waals surface area contributed by atoms with Crippen LogP contribution in [-0.4, -0.2) is 24.1 Å².